The molecule has 33 heavy (non-hydrogen) atoms. The monoisotopic (exact) mass is 485 g/mol. The minimum absolute atomic E-state index is 0.141. The van der Waals surface area contributed by atoms with Crippen molar-refractivity contribution in [3.63, 3.8) is 0 Å². The number of hydrogen-bond acceptors (Lipinski definition) is 7. The SMILES string of the molecule is CC(C)CCOC(C)(C)CCSC1=CC(=O)N(CCC(=O)N[C@H](CCC(=O)O)C(N)=O)C1=O. The largest absolute Gasteiger partial charge is 0.481 e. The molecular formula is C22H35N3O7S. The third-order valence-electron chi connectivity index (χ3n) is 5.01. The molecule has 0 saturated carbocycles. The number of primary amides is 1. The van der Waals surface area contributed by atoms with Gasteiger partial charge in [-0.25, -0.2) is 0 Å². The summed E-state index contributed by atoms with van der Waals surface area (Å²) in [5, 5.41) is 11.1. The molecule has 1 aliphatic heterocycles. The van der Waals surface area contributed by atoms with Gasteiger partial charge in [0.1, 0.15) is 6.04 Å². The average Bonchev–Trinajstić information content (AvgIpc) is 2.95. The zero-order valence-electron chi connectivity index (χ0n) is 19.7. The maximum Gasteiger partial charge on any atom is 0.303 e. The zero-order valence-corrected chi connectivity index (χ0v) is 20.5. The molecule has 1 heterocycles. The molecule has 1 atom stereocenters. The fraction of sp³-hybridized carbons (Fsp3) is 0.682. The van der Waals surface area contributed by atoms with Gasteiger partial charge >= 0.3 is 5.97 Å². The lowest BCUT2D eigenvalue weighted by atomic mass is 10.1. The predicted molar refractivity (Wildman–Crippen MR) is 124 cm³/mol. The van der Waals surface area contributed by atoms with Gasteiger partial charge in [0.15, 0.2) is 0 Å². The summed E-state index contributed by atoms with van der Waals surface area (Å²) < 4.78 is 5.91. The van der Waals surface area contributed by atoms with Gasteiger partial charge in [-0.3, -0.25) is 28.9 Å². The number of hydrogen-bond donors (Lipinski definition) is 3. The Bertz CT molecular complexity index is 780. The van der Waals surface area contributed by atoms with Crippen molar-refractivity contribution in [1.29, 1.82) is 0 Å². The lowest BCUT2D eigenvalue weighted by Gasteiger charge is -2.25. The van der Waals surface area contributed by atoms with Crippen molar-refractivity contribution in [1.82, 2.24) is 10.2 Å². The number of nitrogens with zero attached hydrogens (tertiary/aromatic N) is 1. The number of imide groups is 1. The number of carboxylic acids is 1. The van der Waals surface area contributed by atoms with Crippen LogP contribution in [0.25, 0.3) is 0 Å². The van der Waals surface area contributed by atoms with Gasteiger partial charge in [0, 0.05) is 37.8 Å². The molecule has 0 bridgehead atoms. The molecule has 1 aliphatic rings. The number of thioether (sulfide) groups is 1. The Hall–Kier alpha value is -2.40. The van der Waals surface area contributed by atoms with Crippen molar-refractivity contribution in [3.8, 4) is 0 Å². The molecule has 10 nitrogen and oxygen atoms in total. The Morgan fingerprint density at radius 1 is 1.21 bits per heavy atom. The number of nitrogens with one attached hydrogen (secondary N) is 1. The second kappa shape index (κ2) is 13.3. The molecule has 0 fully saturated rings. The van der Waals surface area contributed by atoms with Crippen LogP contribution in [0.5, 0.6) is 0 Å². The first kappa shape index (κ1) is 28.6. The third kappa shape index (κ3) is 10.8. The zero-order chi connectivity index (χ0) is 25.2. The number of aliphatic carboxylic acids is 1. The summed E-state index contributed by atoms with van der Waals surface area (Å²) in [5.74, 6) is -2.39. The highest BCUT2D eigenvalue weighted by Crippen LogP contribution is 2.28. The van der Waals surface area contributed by atoms with E-state index in [4.69, 9.17) is 15.6 Å². The molecule has 0 radical (unpaired) electrons. The summed E-state index contributed by atoms with van der Waals surface area (Å²) in [6, 6.07) is -1.13. The Morgan fingerprint density at radius 3 is 2.45 bits per heavy atom. The van der Waals surface area contributed by atoms with Crippen molar-refractivity contribution >= 4 is 41.4 Å². The van der Waals surface area contributed by atoms with E-state index in [0.29, 0.717) is 29.6 Å². The molecule has 0 aromatic rings. The number of rotatable bonds is 16. The maximum absolute atomic E-state index is 12.6. The van der Waals surface area contributed by atoms with Crippen LogP contribution in [0.1, 0.15) is 59.8 Å². The van der Waals surface area contributed by atoms with Crippen LogP contribution in [0, 0.1) is 5.92 Å². The van der Waals surface area contributed by atoms with Crippen molar-refractivity contribution in [2.75, 3.05) is 18.9 Å². The van der Waals surface area contributed by atoms with E-state index in [0.717, 1.165) is 11.3 Å². The summed E-state index contributed by atoms with van der Waals surface area (Å²) in [4.78, 5) is 60.2. The molecule has 4 amide bonds. The lowest BCUT2D eigenvalue weighted by molar-refractivity contribution is -0.139. The van der Waals surface area contributed by atoms with Crippen molar-refractivity contribution in [2.45, 2.75) is 71.4 Å². The van der Waals surface area contributed by atoms with Crippen LogP contribution in [0.15, 0.2) is 11.0 Å². The number of carboxylic acid groups (broad SMARTS) is 1. The highest BCUT2D eigenvalue weighted by atomic mass is 32.2. The number of carbonyl (C=O) groups is 5. The van der Waals surface area contributed by atoms with Gasteiger partial charge in [-0.15, -0.1) is 11.8 Å². The van der Waals surface area contributed by atoms with E-state index in [9.17, 15) is 24.0 Å². The molecule has 0 saturated heterocycles. The number of ether oxygens (including phenoxy) is 1. The molecular weight excluding hydrogens is 450 g/mol. The van der Waals surface area contributed by atoms with Crippen LogP contribution >= 0.6 is 11.8 Å². The van der Waals surface area contributed by atoms with Crippen molar-refractivity contribution < 1.29 is 33.8 Å². The molecule has 0 aliphatic carbocycles. The minimum Gasteiger partial charge on any atom is -0.481 e. The Kier molecular flexibility index (Phi) is 11.6. The van der Waals surface area contributed by atoms with Gasteiger partial charge in [0.25, 0.3) is 11.8 Å². The first-order valence-corrected chi connectivity index (χ1v) is 12.0. The lowest BCUT2D eigenvalue weighted by Crippen LogP contribution is -2.45. The molecule has 4 N–H and O–H groups in total. The highest BCUT2D eigenvalue weighted by Gasteiger charge is 2.32. The fourth-order valence-electron chi connectivity index (χ4n) is 2.88. The average molecular weight is 486 g/mol. The summed E-state index contributed by atoms with van der Waals surface area (Å²) in [6.45, 7) is 8.75. The van der Waals surface area contributed by atoms with Crippen molar-refractivity contribution in [3.05, 3.63) is 11.0 Å². The summed E-state index contributed by atoms with van der Waals surface area (Å²) in [6.07, 6.45) is 2.23. The van der Waals surface area contributed by atoms with E-state index in [-0.39, 0.29) is 31.4 Å². The Labute approximate surface area is 198 Å². The van der Waals surface area contributed by atoms with E-state index >= 15 is 0 Å². The van der Waals surface area contributed by atoms with Crippen molar-refractivity contribution in [2.24, 2.45) is 11.7 Å². The molecule has 186 valence electrons. The van der Waals surface area contributed by atoms with Crippen LogP contribution in [-0.4, -0.2) is 70.2 Å². The standard InChI is InChI=1S/C22H35N3O7S/c1-14(2)8-11-32-22(3,4)9-12-33-16-13-18(27)25(21(16)31)10-7-17(26)24-15(20(23)30)5-6-19(28)29/h13-15H,5-12H2,1-4H3,(H2,23,30)(H,24,26)(H,28,29)/t15-/m1/s1. The Morgan fingerprint density at radius 2 is 1.88 bits per heavy atom. The van der Waals surface area contributed by atoms with Gasteiger partial charge in [-0.05, 0) is 39.0 Å². The first-order valence-electron chi connectivity index (χ1n) is 11.0. The first-order chi connectivity index (χ1) is 15.3. The number of nitrogens with two attached hydrogens (primary N) is 1. The van der Waals surface area contributed by atoms with E-state index < -0.39 is 35.6 Å². The van der Waals surface area contributed by atoms with Crippen LogP contribution in [0.4, 0.5) is 0 Å². The number of carbonyl (C=O) groups excluding carboxylic acids is 4. The maximum atomic E-state index is 12.6. The van der Waals surface area contributed by atoms with Gasteiger partial charge < -0.3 is 20.9 Å². The minimum atomic E-state index is -1.13. The molecule has 0 spiro atoms. The molecule has 11 heteroatoms. The third-order valence-corrected chi connectivity index (χ3v) is 6.03. The van der Waals surface area contributed by atoms with E-state index in [1.54, 1.807) is 0 Å². The highest BCUT2D eigenvalue weighted by molar-refractivity contribution is 8.04. The van der Waals surface area contributed by atoms with Gasteiger partial charge in [0.2, 0.25) is 11.8 Å². The second-order valence-electron chi connectivity index (χ2n) is 8.90. The fourth-order valence-corrected chi connectivity index (χ4v) is 4.11. The Balaban J connectivity index is 2.47. The van der Waals surface area contributed by atoms with Gasteiger partial charge in [-0.2, -0.15) is 0 Å². The smallest absolute Gasteiger partial charge is 0.303 e. The molecule has 0 unspecified atom stereocenters. The van der Waals surface area contributed by atoms with E-state index in [1.165, 1.54) is 17.8 Å². The topological polar surface area (TPSA) is 156 Å². The molecule has 0 aromatic heterocycles. The predicted octanol–water partition coefficient (Wildman–Crippen LogP) is 1.43. The van der Waals surface area contributed by atoms with Crippen LogP contribution in [-0.2, 0) is 28.7 Å². The summed E-state index contributed by atoms with van der Waals surface area (Å²) in [7, 11) is 0. The van der Waals surface area contributed by atoms with Crippen LogP contribution in [0.2, 0.25) is 0 Å². The van der Waals surface area contributed by atoms with Gasteiger partial charge in [-0.1, -0.05) is 13.8 Å². The second-order valence-corrected chi connectivity index (χ2v) is 10.0. The molecule has 0 aromatic carbocycles. The number of amides is 4. The van der Waals surface area contributed by atoms with E-state index in [1.807, 2.05) is 13.8 Å². The quantitative estimate of drug-likeness (QED) is 0.277. The summed E-state index contributed by atoms with van der Waals surface area (Å²) >= 11 is 1.28. The van der Waals surface area contributed by atoms with Gasteiger partial charge in [0.05, 0.1) is 10.5 Å². The van der Waals surface area contributed by atoms with E-state index in [2.05, 4.69) is 19.2 Å². The normalized spacial score (nSPS) is 15.1. The van der Waals surface area contributed by atoms with Crippen LogP contribution < -0.4 is 11.1 Å². The van der Waals surface area contributed by atoms with Crippen LogP contribution in [0.3, 0.4) is 0 Å². The summed E-state index contributed by atoms with van der Waals surface area (Å²) in [5.41, 5.74) is 4.84. The molecule has 1 rings (SSSR count).